The molecule has 0 amide bonds. The Morgan fingerprint density at radius 1 is 1.16 bits per heavy atom. The van der Waals surface area contributed by atoms with E-state index in [1.165, 1.54) is 18.3 Å². The summed E-state index contributed by atoms with van der Waals surface area (Å²) in [6, 6.07) is 14.1. The van der Waals surface area contributed by atoms with Crippen LogP contribution in [0.25, 0.3) is 10.9 Å². The number of benzene rings is 2. The summed E-state index contributed by atoms with van der Waals surface area (Å²) < 4.78 is 31.9. The molecule has 1 N–H and O–H groups in total. The van der Waals surface area contributed by atoms with Gasteiger partial charge in [-0.2, -0.15) is 13.5 Å². The average Bonchev–Trinajstić information content (AvgIpc) is 2.92. The van der Waals surface area contributed by atoms with Gasteiger partial charge in [-0.1, -0.05) is 18.2 Å². The first-order valence-electron chi connectivity index (χ1n) is 7.83. The van der Waals surface area contributed by atoms with Crippen molar-refractivity contribution in [1.29, 1.82) is 0 Å². The van der Waals surface area contributed by atoms with Gasteiger partial charge in [0.15, 0.2) is 0 Å². The van der Waals surface area contributed by atoms with Gasteiger partial charge in [0.1, 0.15) is 5.75 Å². The third-order valence-electron chi connectivity index (χ3n) is 3.75. The molecule has 0 spiro atoms. The molecule has 0 aliphatic rings. The Morgan fingerprint density at radius 3 is 2.60 bits per heavy atom. The van der Waals surface area contributed by atoms with E-state index in [9.17, 15) is 8.42 Å². The van der Waals surface area contributed by atoms with Crippen LogP contribution in [0.4, 0.5) is 0 Å². The Morgan fingerprint density at radius 2 is 1.88 bits per heavy atom. The molecule has 0 radical (unpaired) electrons. The van der Waals surface area contributed by atoms with E-state index in [0.29, 0.717) is 12.4 Å². The van der Waals surface area contributed by atoms with Crippen LogP contribution in [0.5, 0.6) is 5.75 Å². The lowest BCUT2D eigenvalue weighted by molar-refractivity contribution is 0.340. The molecular formula is C18H19N3O3S. The lowest BCUT2D eigenvalue weighted by Gasteiger charge is -2.05. The molecule has 25 heavy (non-hydrogen) atoms. The number of hydrogen-bond acceptors (Lipinski definition) is 4. The third kappa shape index (κ3) is 3.66. The molecule has 7 heteroatoms. The van der Waals surface area contributed by atoms with Crippen molar-refractivity contribution in [3.8, 4) is 5.75 Å². The second-order valence-corrected chi connectivity index (χ2v) is 7.13. The van der Waals surface area contributed by atoms with Crippen LogP contribution < -0.4 is 9.57 Å². The molecule has 0 fully saturated rings. The summed E-state index contributed by atoms with van der Waals surface area (Å²) in [5, 5.41) is 4.91. The van der Waals surface area contributed by atoms with Gasteiger partial charge in [-0.05, 0) is 37.3 Å². The van der Waals surface area contributed by atoms with Gasteiger partial charge >= 0.3 is 0 Å². The van der Waals surface area contributed by atoms with Crippen molar-refractivity contribution >= 4 is 27.1 Å². The van der Waals surface area contributed by atoms with Crippen LogP contribution in [0.3, 0.4) is 0 Å². The molecule has 130 valence electrons. The summed E-state index contributed by atoms with van der Waals surface area (Å²) in [5.74, 6) is 0.626. The van der Waals surface area contributed by atoms with E-state index >= 15 is 0 Å². The van der Waals surface area contributed by atoms with Crippen LogP contribution in [0.1, 0.15) is 12.5 Å². The Bertz CT molecular complexity index is 1010. The van der Waals surface area contributed by atoms with E-state index in [1.54, 1.807) is 12.1 Å². The van der Waals surface area contributed by atoms with Crippen molar-refractivity contribution in [2.75, 3.05) is 6.61 Å². The molecule has 0 aliphatic heterocycles. The highest BCUT2D eigenvalue weighted by atomic mass is 32.2. The van der Waals surface area contributed by atoms with Crippen LogP contribution in [0, 0.1) is 0 Å². The van der Waals surface area contributed by atoms with Crippen molar-refractivity contribution in [2.45, 2.75) is 11.8 Å². The van der Waals surface area contributed by atoms with Crippen LogP contribution >= 0.6 is 0 Å². The number of fused-ring (bicyclic) bond motifs is 1. The number of aromatic nitrogens is 1. The zero-order valence-corrected chi connectivity index (χ0v) is 14.8. The summed E-state index contributed by atoms with van der Waals surface area (Å²) in [7, 11) is -1.78. The Hall–Kier alpha value is -2.80. The molecule has 0 bridgehead atoms. The van der Waals surface area contributed by atoms with Crippen LogP contribution in [-0.4, -0.2) is 25.8 Å². The molecule has 6 nitrogen and oxygen atoms in total. The third-order valence-corrected chi connectivity index (χ3v) is 4.99. The van der Waals surface area contributed by atoms with Crippen molar-refractivity contribution in [3.05, 3.63) is 60.3 Å². The van der Waals surface area contributed by atoms with Gasteiger partial charge in [0.05, 0.1) is 17.7 Å². The van der Waals surface area contributed by atoms with Gasteiger partial charge in [0.25, 0.3) is 10.0 Å². The van der Waals surface area contributed by atoms with E-state index in [0.717, 1.165) is 16.5 Å². The first-order chi connectivity index (χ1) is 12.0. The fourth-order valence-corrected chi connectivity index (χ4v) is 3.37. The minimum absolute atomic E-state index is 0.131. The molecule has 3 rings (SSSR count). The quantitative estimate of drug-likeness (QED) is 0.545. The molecule has 1 aromatic heterocycles. The number of rotatable bonds is 6. The number of ether oxygens (including phenoxy) is 1. The highest BCUT2D eigenvalue weighted by molar-refractivity contribution is 7.89. The Balaban J connectivity index is 1.78. The van der Waals surface area contributed by atoms with Gasteiger partial charge < -0.3 is 9.30 Å². The molecular weight excluding hydrogens is 338 g/mol. The SMILES string of the molecule is CCOc1ccc(S(=O)(=O)N/N=C/c2cn(C)c3ccccc23)cc1. The maximum Gasteiger partial charge on any atom is 0.276 e. The summed E-state index contributed by atoms with van der Waals surface area (Å²) >= 11 is 0. The number of sulfonamides is 1. The number of nitrogens with one attached hydrogen (secondary N) is 1. The van der Waals surface area contributed by atoms with Crippen molar-refractivity contribution in [3.63, 3.8) is 0 Å². The molecule has 2 aromatic carbocycles. The number of aryl methyl sites for hydroxylation is 1. The van der Waals surface area contributed by atoms with E-state index < -0.39 is 10.0 Å². The molecule has 1 heterocycles. The summed E-state index contributed by atoms with van der Waals surface area (Å²) in [6.07, 6.45) is 3.41. The van der Waals surface area contributed by atoms with Gasteiger partial charge in [-0.25, -0.2) is 4.83 Å². The van der Waals surface area contributed by atoms with Crippen molar-refractivity contribution < 1.29 is 13.2 Å². The van der Waals surface area contributed by atoms with E-state index in [-0.39, 0.29) is 4.90 Å². The average molecular weight is 357 g/mol. The Kier molecular flexibility index (Phi) is 4.76. The minimum Gasteiger partial charge on any atom is -0.494 e. The standard InChI is InChI=1S/C18H19N3O3S/c1-3-24-15-8-10-16(11-9-15)25(22,23)20-19-12-14-13-21(2)18-7-5-4-6-17(14)18/h4-13,20H,3H2,1-2H3/b19-12+. The van der Waals surface area contributed by atoms with Gasteiger partial charge in [0, 0.05) is 29.7 Å². The van der Waals surface area contributed by atoms with E-state index in [4.69, 9.17) is 4.74 Å². The smallest absolute Gasteiger partial charge is 0.276 e. The summed E-state index contributed by atoms with van der Waals surface area (Å²) in [6.45, 7) is 2.40. The molecule has 0 atom stereocenters. The molecule has 0 aliphatic carbocycles. The zero-order valence-electron chi connectivity index (χ0n) is 14.0. The second kappa shape index (κ2) is 6.98. The summed E-state index contributed by atoms with van der Waals surface area (Å²) in [4.78, 5) is 2.37. The minimum atomic E-state index is -3.72. The number of hydrazone groups is 1. The van der Waals surface area contributed by atoms with Crippen molar-refractivity contribution in [1.82, 2.24) is 9.40 Å². The molecule has 0 saturated heterocycles. The summed E-state index contributed by atoms with van der Waals surface area (Å²) in [5.41, 5.74) is 1.89. The Labute approximate surface area is 146 Å². The fraction of sp³-hybridized carbons (Fsp3) is 0.167. The van der Waals surface area contributed by atoms with Crippen LogP contribution in [0.2, 0.25) is 0 Å². The molecule has 0 unspecified atom stereocenters. The van der Waals surface area contributed by atoms with Crippen LogP contribution in [-0.2, 0) is 17.1 Å². The maximum absolute atomic E-state index is 12.3. The first-order valence-corrected chi connectivity index (χ1v) is 9.31. The maximum atomic E-state index is 12.3. The second-order valence-electron chi connectivity index (χ2n) is 5.47. The highest BCUT2D eigenvalue weighted by Gasteiger charge is 2.12. The topological polar surface area (TPSA) is 72.7 Å². The fourth-order valence-electron chi connectivity index (χ4n) is 2.58. The van der Waals surface area contributed by atoms with E-state index in [1.807, 2.05) is 49.0 Å². The number of nitrogens with zero attached hydrogens (tertiary/aromatic N) is 2. The lowest BCUT2D eigenvalue weighted by Crippen LogP contribution is -2.18. The van der Waals surface area contributed by atoms with Gasteiger partial charge in [0.2, 0.25) is 0 Å². The largest absolute Gasteiger partial charge is 0.494 e. The molecule has 0 saturated carbocycles. The first kappa shape index (κ1) is 17.0. The predicted octanol–water partition coefficient (Wildman–Crippen LogP) is 2.89. The van der Waals surface area contributed by atoms with E-state index in [2.05, 4.69) is 9.93 Å². The van der Waals surface area contributed by atoms with Gasteiger partial charge in [-0.3, -0.25) is 0 Å². The number of hydrogen-bond donors (Lipinski definition) is 1. The highest BCUT2D eigenvalue weighted by Crippen LogP contribution is 2.19. The van der Waals surface area contributed by atoms with Crippen LogP contribution in [0.15, 0.2) is 64.7 Å². The lowest BCUT2D eigenvalue weighted by atomic mass is 10.2. The van der Waals surface area contributed by atoms with Gasteiger partial charge in [-0.15, -0.1) is 0 Å². The number of para-hydroxylation sites is 1. The monoisotopic (exact) mass is 357 g/mol. The normalized spacial score (nSPS) is 11.9. The predicted molar refractivity (Wildman–Crippen MR) is 98.4 cm³/mol. The van der Waals surface area contributed by atoms with Crippen molar-refractivity contribution in [2.24, 2.45) is 12.1 Å². The zero-order chi connectivity index (χ0) is 17.9. The molecule has 3 aromatic rings.